The first-order chi connectivity index (χ1) is 6.79. The Morgan fingerprint density at radius 1 is 1.43 bits per heavy atom. The Hall–Kier alpha value is -1.29. The molecule has 1 aliphatic rings. The molecule has 2 rings (SSSR count). The van der Waals surface area contributed by atoms with Crippen molar-refractivity contribution in [3.8, 4) is 6.07 Å². The molecule has 0 bridgehead atoms. The van der Waals surface area contributed by atoms with E-state index in [-0.39, 0.29) is 5.41 Å². The Kier molecular flexibility index (Phi) is 2.29. The maximum absolute atomic E-state index is 8.90. The van der Waals surface area contributed by atoms with Crippen LogP contribution in [-0.4, -0.2) is 0 Å². The molecule has 0 aromatic heterocycles. The number of nitrogens with zero attached hydrogens (tertiary/aromatic N) is 1. The van der Waals surface area contributed by atoms with Gasteiger partial charge in [0, 0.05) is 11.8 Å². The molecule has 0 amide bonds. The van der Waals surface area contributed by atoms with Crippen molar-refractivity contribution in [3.63, 3.8) is 0 Å². The van der Waals surface area contributed by atoms with Crippen molar-refractivity contribution < 1.29 is 0 Å². The standard InChI is InChI=1S/C13H15N/c1-11-7-8-13(11,9-10-14)12-5-3-2-4-6-12/h2-6,11H,7-9H2,1H3. The van der Waals surface area contributed by atoms with E-state index >= 15 is 0 Å². The molecule has 1 heteroatoms. The quantitative estimate of drug-likeness (QED) is 0.693. The largest absolute Gasteiger partial charge is 0.198 e. The average Bonchev–Trinajstić information content (AvgIpc) is 2.25. The van der Waals surface area contributed by atoms with Gasteiger partial charge in [-0.3, -0.25) is 0 Å². The molecule has 0 spiro atoms. The normalized spacial score (nSPS) is 30.4. The van der Waals surface area contributed by atoms with E-state index in [2.05, 4.69) is 37.3 Å². The summed E-state index contributed by atoms with van der Waals surface area (Å²) < 4.78 is 0. The van der Waals surface area contributed by atoms with Gasteiger partial charge in [0.05, 0.1) is 6.07 Å². The lowest BCUT2D eigenvalue weighted by atomic mass is 9.56. The summed E-state index contributed by atoms with van der Waals surface area (Å²) in [5, 5.41) is 8.90. The van der Waals surface area contributed by atoms with Gasteiger partial charge in [0.2, 0.25) is 0 Å². The summed E-state index contributed by atoms with van der Waals surface area (Å²) in [6.45, 7) is 2.26. The van der Waals surface area contributed by atoms with E-state index in [1.807, 2.05) is 6.07 Å². The molecule has 1 fully saturated rings. The molecule has 0 radical (unpaired) electrons. The third kappa shape index (κ3) is 1.23. The fraction of sp³-hybridized carbons (Fsp3) is 0.462. The molecule has 0 N–H and O–H groups in total. The van der Waals surface area contributed by atoms with Crippen molar-refractivity contribution in [1.82, 2.24) is 0 Å². The zero-order chi connectivity index (χ0) is 10.0. The second-order valence-electron chi connectivity index (χ2n) is 4.30. The minimum atomic E-state index is 0.163. The van der Waals surface area contributed by atoms with Crippen LogP contribution in [0, 0.1) is 17.2 Å². The Morgan fingerprint density at radius 3 is 2.57 bits per heavy atom. The van der Waals surface area contributed by atoms with Crippen LogP contribution in [0.15, 0.2) is 30.3 Å². The lowest BCUT2D eigenvalue weighted by Gasteiger charge is -2.47. The molecule has 0 heterocycles. The molecule has 2 atom stereocenters. The van der Waals surface area contributed by atoms with E-state index in [1.165, 1.54) is 18.4 Å². The first-order valence-electron chi connectivity index (χ1n) is 5.22. The van der Waals surface area contributed by atoms with Gasteiger partial charge in [-0.25, -0.2) is 0 Å². The average molecular weight is 185 g/mol. The van der Waals surface area contributed by atoms with Crippen molar-refractivity contribution in [3.05, 3.63) is 35.9 Å². The molecule has 0 saturated heterocycles. The van der Waals surface area contributed by atoms with Crippen molar-refractivity contribution in [2.75, 3.05) is 0 Å². The number of hydrogen-bond donors (Lipinski definition) is 0. The highest BCUT2D eigenvalue weighted by Gasteiger charge is 2.44. The molecule has 1 saturated carbocycles. The SMILES string of the molecule is CC1CCC1(CC#N)c1ccccc1. The van der Waals surface area contributed by atoms with Gasteiger partial charge in [0.15, 0.2) is 0 Å². The van der Waals surface area contributed by atoms with Crippen molar-refractivity contribution in [2.45, 2.75) is 31.6 Å². The molecular formula is C13H15N. The summed E-state index contributed by atoms with van der Waals surface area (Å²) in [5.41, 5.74) is 1.51. The van der Waals surface area contributed by atoms with Gasteiger partial charge in [-0.2, -0.15) is 5.26 Å². The van der Waals surface area contributed by atoms with Crippen LogP contribution in [0.3, 0.4) is 0 Å². The second-order valence-corrected chi connectivity index (χ2v) is 4.30. The molecule has 0 aliphatic heterocycles. The highest BCUT2D eigenvalue weighted by Crippen LogP contribution is 2.50. The van der Waals surface area contributed by atoms with Crippen LogP contribution in [0.5, 0.6) is 0 Å². The van der Waals surface area contributed by atoms with Crippen molar-refractivity contribution in [2.24, 2.45) is 5.92 Å². The third-order valence-electron chi connectivity index (χ3n) is 3.71. The van der Waals surface area contributed by atoms with Gasteiger partial charge in [0.25, 0.3) is 0 Å². The van der Waals surface area contributed by atoms with Gasteiger partial charge < -0.3 is 0 Å². The summed E-state index contributed by atoms with van der Waals surface area (Å²) in [7, 11) is 0. The number of rotatable bonds is 2. The molecule has 2 unspecified atom stereocenters. The van der Waals surface area contributed by atoms with Crippen LogP contribution < -0.4 is 0 Å². The molecule has 14 heavy (non-hydrogen) atoms. The molecule has 1 aromatic carbocycles. The third-order valence-corrected chi connectivity index (χ3v) is 3.71. The smallest absolute Gasteiger partial charge is 0.0631 e. The number of nitriles is 1. The Labute approximate surface area is 85.4 Å². The summed E-state index contributed by atoms with van der Waals surface area (Å²) in [4.78, 5) is 0. The summed E-state index contributed by atoms with van der Waals surface area (Å²) in [5.74, 6) is 0.657. The highest BCUT2D eigenvalue weighted by atomic mass is 14.5. The van der Waals surface area contributed by atoms with E-state index in [0.29, 0.717) is 12.3 Å². The first-order valence-corrected chi connectivity index (χ1v) is 5.22. The van der Waals surface area contributed by atoms with E-state index in [1.54, 1.807) is 0 Å². The van der Waals surface area contributed by atoms with E-state index < -0.39 is 0 Å². The monoisotopic (exact) mass is 185 g/mol. The topological polar surface area (TPSA) is 23.8 Å². The van der Waals surface area contributed by atoms with Crippen LogP contribution in [0.4, 0.5) is 0 Å². The van der Waals surface area contributed by atoms with Gasteiger partial charge in [-0.05, 0) is 24.3 Å². The lowest BCUT2D eigenvalue weighted by Crippen LogP contribution is -2.42. The fourth-order valence-corrected chi connectivity index (χ4v) is 2.49. The maximum atomic E-state index is 8.90. The zero-order valence-electron chi connectivity index (χ0n) is 8.53. The lowest BCUT2D eigenvalue weighted by molar-refractivity contribution is 0.142. The molecule has 1 nitrogen and oxygen atoms in total. The predicted molar refractivity (Wildman–Crippen MR) is 56.7 cm³/mol. The second kappa shape index (κ2) is 3.46. The number of benzene rings is 1. The molecule has 72 valence electrons. The summed E-state index contributed by atoms with van der Waals surface area (Å²) >= 11 is 0. The van der Waals surface area contributed by atoms with Crippen LogP contribution in [0.1, 0.15) is 31.7 Å². The predicted octanol–water partition coefficient (Wildman–Crippen LogP) is 3.27. The Balaban J connectivity index is 2.34. The van der Waals surface area contributed by atoms with E-state index in [9.17, 15) is 0 Å². The minimum Gasteiger partial charge on any atom is -0.198 e. The number of hydrogen-bond acceptors (Lipinski definition) is 1. The first kappa shape index (κ1) is 9.27. The maximum Gasteiger partial charge on any atom is 0.0631 e. The van der Waals surface area contributed by atoms with Gasteiger partial charge >= 0.3 is 0 Å². The molecule has 1 aliphatic carbocycles. The Bertz CT molecular complexity index is 349. The van der Waals surface area contributed by atoms with E-state index in [4.69, 9.17) is 5.26 Å². The fourth-order valence-electron chi connectivity index (χ4n) is 2.49. The summed E-state index contributed by atoms with van der Waals surface area (Å²) in [6, 6.07) is 12.8. The highest BCUT2D eigenvalue weighted by molar-refractivity contribution is 5.30. The van der Waals surface area contributed by atoms with Crippen LogP contribution in [0.25, 0.3) is 0 Å². The van der Waals surface area contributed by atoms with Gasteiger partial charge in [-0.15, -0.1) is 0 Å². The van der Waals surface area contributed by atoms with Crippen molar-refractivity contribution >= 4 is 0 Å². The van der Waals surface area contributed by atoms with Gasteiger partial charge in [-0.1, -0.05) is 37.3 Å². The summed E-state index contributed by atoms with van der Waals surface area (Å²) in [6.07, 6.45) is 3.10. The van der Waals surface area contributed by atoms with Crippen LogP contribution in [0.2, 0.25) is 0 Å². The Morgan fingerprint density at radius 2 is 2.14 bits per heavy atom. The minimum absolute atomic E-state index is 0.163. The molecule has 1 aromatic rings. The van der Waals surface area contributed by atoms with Crippen LogP contribution in [-0.2, 0) is 5.41 Å². The zero-order valence-corrected chi connectivity index (χ0v) is 8.53. The van der Waals surface area contributed by atoms with Gasteiger partial charge in [0.1, 0.15) is 0 Å². The molecular weight excluding hydrogens is 170 g/mol. The van der Waals surface area contributed by atoms with Crippen LogP contribution >= 0.6 is 0 Å². The van der Waals surface area contributed by atoms with Crippen molar-refractivity contribution in [1.29, 1.82) is 5.26 Å². The van der Waals surface area contributed by atoms with E-state index in [0.717, 1.165) is 0 Å².